The number of imidazole rings is 1. The van der Waals surface area contributed by atoms with Crippen molar-refractivity contribution in [3.8, 4) is 17.0 Å². The van der Waals surface area contributed by atoms with Gasteiger partial charge in [-0.05, 0) is 37.1 Å². The molecule has 2 aromatic rings. The van der Waals surface area contributed by atoms with Gasteiger partial charge in [0.25, 0.3) is 0 Å². The maximum Gasteiger partial charge on any atom is 0.354 e. The van der Waals surface area contributed by atoms with Crippen LogP contribution in [-0.2, 0) is 0 Å². The zero-order valence-electron chi connectivity index (χ0n) is 10.4. The second kappa shape index (κ2) is 4.52. The van der Waals surface area contributed by atoms with Crippen LogP contribution in [0.4, 0.5) is 0 Å². The number of methoxy groups -OCH3 is 1. The van der Waals surface area contributed by atoms with E-state index >= 15 is 0 Å². The van der Waals surface area contributed by atoms with Crippen molar-refractivity contribution in [3.05, 3.63) is 35.3 Å². The molecule has 18 heavy (non-hydrogen) atoms. The summed E-state index contributed by atoms with van der Waals surface area (Å²) >= 11 is 0. The van der Waals surface area contributed by atoms with Crippen LogP contribution in [-0.4, -0.2) is 28.2 Å². The average Bonchev–Trinajstić information content (AvgIpc) is 2.81. The molecule has 1 heterocycles. The van der Waals surface area contributed by atoms with Crippen LogP contribution in [0.5, 0.6) is 5.75 Å². The fourth-order valence-electron chi connectivity index (χ4n) is 1.81. The molecule has 1 aromatic carbocycles. The molecule has 0 saturated carbocycles. The molecule has 5 nitrogen and oxygen atoms in total. The largest absolute Gasteiger partial charge is 0.496 e. The topological polar surface area (TPSA) is 75.2 Å². The molecule has 1 aromatic heterocycles. The van der Waals surface area contributed by atoms with E-state index in [9.17, 15) is 4.79 Å². The number of H-pyrrole nitrogens is 1. The monoisotopic (exact) mass is 246 g/mol. The van der Waals surface area contributed by atoms with Crippen molar-refractivity contribution in [2.75, 3.05) is 7.11 Å². The third kappa shape index (κ3) is 1.95. The molecule has 0 amide bonds. The van der Waals surface area contributed by atoms with E-state index in [1.165, 1.54) is 6.33 Å². The van der Waals surface area contributed by atoms with Crippen molar-refractivity contribution in [2.45, 2.75) is 13.8 Å². The van der Waals surface area contributed by atoms with E-state index in [4.69, 9.17) is 9.84 Å². The standard InChI is InChI=1S/C13H14N2O3/c1-7-4-9(10(18-3)5-8(7)2)11-12(13(16)17)15-6-14-11/h4-6H,1-3H3,(H,14,15)(H,16,17). The molecular weight excluding hydrogens is 232 g/mol. The van der Waals surface area contributed by atoms with Crippen LogP contribution in [0.3, 0.4) is 0 Å². The Kier molecular flexibility index (Phi) is 3.06. The van der Waals surface area contributed by atoms with Crippen LogP contribution < -0.4 is 4.74 Å². The predicted octanol–water partition coefficient (Wildman–Crippen LogP) is 2.40. The lowest BCUT2D eigenvalue weighted by atomic mass is 10.0. The van der Waals surface area contributed by atoms with Crippen LogP contribution >= 0.6 is 0 Å². The minimum absolute atomic E-state index is 0.0663. The number of aryl methyl sites for hydroxylation is 2. The Morgan fingerprint density at radius 1 is 1.33 bits per heavy atom. The van der Waals surface area contributed by atoms with E-state index in [2.05, 4.69) is 9.97 Å². The highest BCUT2D eigenvalue weighted by Gasteiger charge is 2.18. The second-order valence-electron chi connectivity index (χ2n) is 4.07. The number of ether oxygens (including phenoxy) is 1. The fraction of sp³-hybridized carbons (Fsp3) is 0.231. The van der Waals surface area contributed by atoms with Gasteiger partial charge in [-0.1, -0.05) is 0 Å². The van der Waals surface area contributed by atoms with Gasteiger partial charge in [-0.2, -0.15) is 0 Å². The number of hydrogen-bond donors (Lipinski definition) is 2. The van der Waals surface area contributed by atoms with E-state index in [1.54, 1.807) is 7.11 Å². The van der Waals surface area contributed by atoms with Gasteiger partial charge in [-0.25, -0.2) is 9.78 Å². The Balaban J connectivity index is 2.66. The molecule has 0 aliphatic rings. The molecule has 0 radical (unpaired) electrons. The van der Waals surface area contributed by atoms with Crippen LogP contribution in [0.1, 0.15) is 21.6 Å². The summed E-state index contributed by atoms with van der Waals surface area (Å²) in [6.45, 7) is 3.94. The lowest BCUT2D eigenvalue weighted by Crippen LogP contribution is -2.00. The van der Waals surface area contributed by atoms with Crippen LogP contribution in [0.2, 0.25) is 0 Å². The molecule has 0 unspecified atom stereocenters. The summed E-state index contributed by atoms with van der Waals surface area (Å²) in [5.74, 6) is -0.421. The van der Waals surface area contributed by atoms with E-state index < -0.39 is 5.97 Å². The first kappa shape index (κ1) is 12.2. The van der Waals surface area contributed by atoms with Gasteiger partial charge in [0, 0.05) is 5.56 Å². The van der Waals surface area contributed by atoms with Crippen LogP contribution in [0.25, 0.3) is 11.3 Å². The molecule has 0 atom stereocenters. The van der Waals surface area contributed by atoms with Crippen molar-refractivity contribution < 1.29 is 14.6 Å². The molecule has 0 fully saturated rings. The second-order valence-corrected chi connectivity index (χ2v) is 4.07. The number of carboxylic acids is 1. The maximum absolute atomic E-state index is 11.1. The molecule has 2 N–H and O–H groups in total. The number of carboxylic acid groups (broad SMARTS) is 1. The Morgan fingerprint density at radius 3 is 2.61 bits per heavy atom. The summed E-state index contributed by atoms with van der Waals surface area (Å²) in [5.41, 5.74) is 3.28. The van der Waals surface area contributed by atoms with Crippen molar-refractivity contribution >= 4 is 5.97 Å². The Hall–Kier alpha value is -2.30. The smallest absolute Gasteiger partial charge is 0.354 e. The number of nitrogens with one attached hydrogen (secondary N) is 1. The summed E-state index contributed by atoms with van der Waals surface area (Å²) in [6.07, 6.45) is 1.37. The third-order valence-corrected chi connectivity index (χ3v) is 2.92. The van der Waals surface area contributed by atoms with E-state index in [0.29, 0.717) is 17.0 Å². The van der Waals surface area contributed by atoms with Gasteiger partial charge >= 0.3 is 5.97 Å². The number of aromatic amines is 1. The van der Waals surface area contributed by atoms with Gasteiger partial charge in [0.1, 0.15) is 11.4 Å². The zero-order chi connectivity index (χ0) is 13.3. The molecule has 94 valence electrons. The first-order valence-electron chi connectivity index (χ1n) is 5.47. The van der Waals surface area contributed by atoms with Gasteiger partial charge in [-0.3, -0.25) is 0 Å². The quantitative estimate of drug-likeness (QED) is 0.872. The molecule has 0 aliphatic carbocycles. The number of hydrogen-bond acceptors (Lipinski definition) is 3. The highest BCUT2D eigenvalue weighted by molar-refractivity contribution is 5.93. The maximum atomic E-state index is 11.1. The Labute approximate surface area is 104 Å². The van der Waals surface area contributed by atoms with Gasteiger partial charge in [0.05, 0.1) is 13.4 Å². The number of aromatic nitrogens is 2. The van der Waals surface area contributed by atoms with Gasteiger partial charge in [0.2, 0.25) is 0 Å². The zero-order valence-corrected chi connectivity index (χ0v) is 10.4. The normalized spacial score (nSPS) is 10.4. The minimum atomic E-state index is -1.04. The summed E-state index contributed by atoms with van der Waals surface area (Å²) < 4.78 is 5.29. The minimum Gasteiger partial charge on any atom is -0.496 e. The molecular formula is C13H14N2O3. The van der Waals surface area contributed by atoms with Crippen molar-refractivity contribution in [3.63, 3.8) is 0 Å². The lowest BCUT2D eigenvalue weighted by molar-refractivity contribution is 0.0692. The highest BCUT2D eigenvalue weighted by atomic mass is 16.5. The van der Waals surface area contributed by atoms with Crippen LogP contribution in [0.15, 0.2) is 18.5 Å². The molecule has 5 heteroatoms. The van der Waals surface area contributed by atoms with E-state index in [-0.39, 0.29) is 5.69 Å². The molecule has 0 saturated heterocycles. The Morgan fingerprint density at radius 2 is 2.00 bits per heavy atom. The number of carbonyl (C=O) groups is 1. The number of aromatic carboxylic acids is 1. The summed E-state index contributed by atoms with van der Waals surface area (Å²) in [5, 5.41) is 9.09. The first-order valence-corrected chi connectivity index (χ1v) is 5.47. The van der Waals surface area contributed by atoms with Crippen molar-refractivity contribution in [1.82, 2.24) is 9.97 Å². The summed E-state index contributed by atoms with van der Waals surface area (Å²) in [7, 11) is 1.56. The summed E-state index contributed by atoms with van der Waals surface area (Å²) in [6, 6.07) is 3.77. The third-order valence-electron chi connectivity index (χ3n) is 2.92. The molecule has 0 bridgehead atoms. The van der Waals surface area contributed by atoms with Gasteiger partial charge in [0.15, 0.2) is 5.69 Å². The Bertz CT molecular complexity index is 602. The average molecular weight is 246 g/mol. The molecule has 2 rings (SSSR count). The number of benzene rings is 1. The van der Waals surface area contributed by atoms with Gasteiger partial charge < -0.3 is 14.8 Å². The highest BCUT2D eigenvalue weighted by Crippen LogP contribution is 2.32. The first-order chi connectivity index (χ1) is 8.54. The van der Waals surface area contributed by atoms with Crippen LogP contribution in [0, 0.1) is 13.8 Å². The van der Waals surface area contributed by atoms with Gasteiger partial charge in [-0.15, -0.1) is 0 Å². The van der Waals surface area contributed by atoms with Crippen molar-refractivity contribution in [2.24, 2.45) is 0 Å². The van der Waals surface area contributed by atoms with E-state index in [0.717, 1.165) is 11.1 Å². The predicted molar refractivity (Wildman–Crippen MR) is 67.0 cm³/mol. The number of rotatable bonds is 3. The lowest BCUT2D eigenvalue weighted by Gasteiger charge is -2.10. The molecule has 0 aliphatic heterocycles. The SMILES string of the molecule is COc1cc(C)c(C)cc1-c1nc[nH]c1C(=O)O. The fourth-order valence-corrected chi connectivity index (χ4v) is 1.81. The van der Waals surface area contributed by atoms with Crippen molar-refractivity contribution in [1.29, 1.82) is 0 Å². The number of nitrogens with zero attached hydrogens (tertiary/aromatic N) is 1. The molecule has 0 spiro atoms. The summed E-state index contributed by atoms with van der Waals surface area (Å²) in [4.78, 5) is 17.8. The van der Waals surface area contributed by atoms with E-state index in [1.807, 2.05) is 26.0 Å².